The maximum Gasteiger partial charge on any atom is 0.112 e. The first-order chi connectivity index (χ1) is 3.93. The predicted octanol–water partition coefficient (Wildman–Crippen LogP) is -0.928. The highest BCUT2D eigenvalue weighted by Gasteiger charge is 2.08. The third-order valence-electron chi connectivity index (χ3n) is 1.23. The zero-order valence-electron chi connectivity index (χ0n) is 5.20. The molecule has 0 bridgehead atoms. The minimum atomic E-state index is 0.361. The van der Waals surface area contributed by atoms with E-state index in [4.69, 9.17) is 0 Å². The molecule has 0 aromatic heterocycles. The van der Waals surface area contributed by atoms with Gasteiger partial charge in [-0.1, -0.05) is 6.92 Å². The molecule has 1 fully saturated rings. The molecule has 0 aromatic rings. The van der Waals surface area contributed by atoms with E-state index in [2.05, 4.69) is 22.9 Å². The Morgan fingerprint density at radius 1 is 1.50 bits per heavy atom. The molecule has 0 radical (unpaired) electrons. The van der Waals surface area contributed by atoms with Crippen molar-refractivity contribution < 1.29 is 0 Å². The molecule has 1 saturated heterocycles. The van der Waals surface area contributed by atoms with Gasteiger partial charge in [-0.05, 0) is 6.54 Å². The summed E-state index contributed by atoms with van der Waals surface area (Å²) in [6.45, 7) is 5.28. The molecule has 3 heteroatoms. The van der Waals surface area contributed by atoms with Crippen molar-refractivity contribution in [2.75, 3.05) is 19.6 Å². The highest BCUT2D eigenvalue weighted by atomic mass is 15.3. The van der Waals surface area contributed by atoms with Crippen LogP contribution in [0, 0.1) is 0 Å². The molecule has 48 valence electrons. The monoisotopic (exact) mass is 115 g/mol. The largest absolute Gasteiger partial charge is 0.290 e. The van der Waals surface area contributed by atoms with Crippen molar-refractivity contribution in [1.82, 2.24) is 16.0 Å². The number of nitrogens with one attached hydrogen (secondary N) is 3. The topological polar surface area (TPSA) is 36.1 Å². The van der Waals surface area contributed by atoms with E-state index in [1.54, 1.807) is 0 Å². The van der Waals surface area contributed by atoms with Crippen molar-refractivity contribution in [3.63, 3.8) is 0 Å². The first-order valence-electron chi connectivity index (χ1n) is 3.13. The zero-order valence-corrected chi connectivity index (χ0v) is 5.20. The highest BCUT2D eigenvalue weighted by Crippen LogP contribution is 1.77. The average Bonchev–Trinajstić information content (AvgIpc) is 2.19. The molecule has 8 heavy (non-hydrogen) atoms. The molecule has 1 rings (SSSR count). The van der Waals surface area contributed by atoms with E-state index < -0.39 is 0 Å². The van der Waals surface area contributed by atoms with Gasteiger partial charge in [-0.3, -0.25) is 16.0 Å². The van der Waals surface area contributed by atoms with Crippen molar-refractivity contribution in [1.29, 1.82) is 0 Å². The SMILES string of the molecule is CCNC1NCCN1. The minimum Gasteiger partial charge on any atom is -0.290 e. The van der Waals surface area contributed by atoms with E-state index in [1.807, 2.05) is 0 Å². The summed E-state index contributed by atoms with van der Waals surface area (Å²) in [6, 6.07) is 0. The lowest BCUT2D eigenvalue weighted by atomic mass is 10.7. The third-order valence-corrected chi connectivity index (χ3v) is 1.23. The highest BCUT2D eigenvalue weighted by molar-refractivity contribution is 4.68. The van der Waals surface area contributed by atoms with Crippen LogP contribution >= 0.6 is 0 Å². The summed E-state index contributed by atoms with van der Waals surface area (Å²) in [6.07, 6.45) is 0.361. The lowest BCUT2D eigenvalue weighted by Gasteiger charge is -2.09. The molecule has 1 aliphatic rings. The molecule has 3 nitrogen and oxygen atoms in total. The average molecular weight is 115 g/mol. The molecule has 1 aliphatic heterocycles. The standard InChI is InChI=1S/C5H13N3/c1-2-6-5-7-3-4-8-5/h5-8H,2-4H2,1H3. The van der Waals surface area contributed by atoms with Crippen LogP contribution in [0.5, 0.6) is 0 Å². The van der Waals surface area contributed by atoms with E-state index in [0.717, 1.165) is 19.6 Å². The fourth-order valence-corrected chi connectivity index (χ4v) is 0.854. The lowest BCUT2D eigenvalue weighted by Crippen LogP contribution is -2.44. The summed E-state index contributed by atoms with van der Waals surface area (Å²) in [4.78, 5) is 0. The Bertz CT molecular complexity index is 58.7. The molecule has 0 aliphatic carbocycles. The van der Waals surface area contributed by atoms with Gasteiger partial charge >= 0.3 is 0 Å². The van der Waals surface area contributed by atoms with Crippen molar-refractivity contribution in [3.05, 3.63) is 0 Å². The summed E-state index contributed by atoms with van der Waals surface area (Å²) in [5, 5.41) is 9.69. The predicted molar refractivity (Wildman–Crippen MR) is 33.5 cm³/mol. The minimum absolute atomic E-state index is 0.361. The van der Waals surface area contributed by atoms with Crippen LogP contribution in [0.3, 0.4) is 0 Å². The van der Waals surface area contributed by atoms with Gasteiger partial charge in [0.05, 0.1) is 0 Å². The van der Waals surface area contributed by atoms with Gasteiger partial charge in [0.1, 0.15) is 6.29 Å². The van der Waals surface area contributed by atoms with Crippen LogP contribution in [0.4, 0.5) is 0 Å². The fourth-order valence-electron chi connectivity index (χ4n) is 0.854. The van der Waals surface area contributed by atoms with Crippen molar-refractivity contribution >= 4 is 0 Å². The van der Waals surface area contributed by atoms with Crippen LogP contribution in [-0.4, -0.2) is 25.9 Å². The van der Waals surface area contributed by atoms with Crippen LogP contribution in [0.15, 0.2) is 0 Å². The van der Waals surface area contributed by atoms with Gasteiger partial charge in [-0.25, -0.2) is 0 Å². The van der Waals surface area contributed by atoms with E-state index in [1.165, 1.54) is 0 Å². The Balaban J connectivity index is 2.06. The quantitative estimate of drug-likeness (QED) is 0.435. The van der Waals surface area contributed by atoms with Gasteiger partial charge in [0.15, 0.2) is 0 Å². The maximum atomic E-state index is 3.24. The van der Waals surface area contributed by atoms with Crippen molar-refractivity contribution in [3.8, 4) is 0 Å². The van der Waals surface area contributed by atoms with Crippen LogP contribution < -0.4 is 16.0 Å². The fraction of sp³-hybridized carbons (Fsp3) is 1.00. The van der Waals surface area contributed by atoms with Crippen LogP contribution in [-0.2, 0) is 0 Å². The summed E-state index contributed by atoms with van der Waals surface area (Å²) >= 11 is 0. The smallest absolute Gasteiger partial charge is 0.112 e. The first-order valence-corrected chi connectivity index (χ1v) is 3.13. The van der Waals surface area contributed by atoms with E-state index in [9.17, 15) is 0 Å². The first kappa shape index (κ1) is 6.01. The zero-order chi connectivity index (χ0) is 5.82. The molecule has 1 heterocycles. The summed E-state index contributed by atoms with van der Waals surface area (Å²) in [5.41, 5.74) is 0. The van der Waals surface area contributed by atoms with Gasteiger partial charge in [0, 0.05) is 13.1 Å². The Morgan fingerprint density at radius 3 is 2.62 bits per heavy atom. The Kier molecular flexibility index (Phi) is 2.27. The van der Waals surface area contributed by atoms with Crippen LogP contribution in [0.25, 0.3) is 0 Å². The van der Waals surface area contributed by atoms with Crippen molar-refractivity contribution in [2.24, 2.45) is 0 Å². The Morgan fingerprint density at radius 2 is 2.12 bits per heavy atom. The summed E-state index contributed by atoms with van der Waals surface area (Å²) in [5.74, 6) is 0. The number of hydrogen-bond donors (Lipinski definition) is 3. The molecule has 0 amide bonds. The second kappa shape index (κ2) is 3.02. The van der Waals surface area contributed by atoms with E-state index in [-0.39, 0.29) is 0 Å². The molecule has 0 spiro atoms. The maximum absolute atomic E-state index is 3.24. The van der Waals surface area contributed by atoms with Crippen LogP contribution in [0.2, 0.25) is 0 Å². The van der Waals surface area contributed by atoms with Gasteiger partial charge in [0.2, 0.25) is 0 Å². The molecule has 0 unspecified atom stereocenters. The third kappa shape index (κ3) is 1.43. The number of rotatable bonds is 2. The second-order valence-electron chi connectivity index (χ2n) is 1.90. The lowest BCUT2D eigenvalue weighted by molar-refractivity contribution is 0.457. The van der Waals surface area contributed by atoms with Crippen molar-refractivity contribution in [2.45, 2.75) is 13.2 Å². The van der Waals surface area contributed by atoms with Gasteiger partial charge in [-0.15, -0.1) is 0 Å². The molecule has 0 aromatic carbocycles. The van der Waals surface area contributed by atoms with Gasteiger partial charge in [-0.2, -0.15) is 0 Å². The second-order valence-corrected chi connectivity index (χ2v) is 1.90. The van der Waals surface area contributed by atoms with E-state index >= 15 is 0 Å². The van der Waals surface area contributed by atoms with Gasteiger partial charge in [0.25, 0.3) is 0 Å². The molecule has 0 saturated carbocycles. The summed E-state index contributed by atoms with van der Waals surface area (Å²) in [7, 11) is 0. The Labute approximate surface area is 49.8 Å². The summed E-state index contributed by atoms with van der Waals surface area (Å²) < 4.78 is 0. The molecule has 0 atom stereocenters. The number of hydrogen-bond acceptors (Lipinski definition) is 3. The Hall–Kier alpha value is -0.120. The van der Waals surface area contributed by atoms with Gasteiger partial charge < -0.3 is 0 Å². The molecule has 3 N–H and O–H groups in total. The van der Waals surface area contributed by atoms with E-state index in [0.29, 0.717) is 6.29 Å². The normalized spacial score (nSPS) is 22.1. The molecular weight excluding hydrogens is 102 g/mol. The van der Waals surface area contributed by atoms with Crippen LogP contribution in [0.1, 0.15) is 6.92 Å². The molecular formula is C5H13N3.